The normalized spacial score (nSPS) is 10.2. The molecule has 0 bridgehead atoms. The Morgan fingerprint density at radius 2 is 0.760 bits per heavy atom. The molecule has 0 unspecified atom stereocenters. The minimum atomic E-state index is -1.32. The van der Waals surface area contributed by atoms with Crippen LogP contribution in [0, 0.1) is 0 Å². The fraction of sp³-hybridized carbons (Fsp3) is 0. The second-order valence-corrected chi connectivity index (χ2v) is 5.96. The zero-order chi connectivity index (χ0) is 18.7. The zero-order valence-corrected chi connectivity index (χ0v) is 13.1. The van der Waals surface area contributed by atoms with E-state index in [1.807, 2.05) is 0 Å². The molecule has 128 valence electrons. The van der Waals surface area contributed by atoms with Crippen molar-refractivity contribution in [3.05, 3.63) is 58.7 Å². The molecule has 0 aliphatic carbocycles. The van der Waals surface area contributed by atoms with Crippen molar-refractivity contribution in [3.63, 3.8) is 0 Å². The molecule has 9 heteroatoms. The molecule has 0 aliphatic rings. The molecule has 25 heavy (non-hydrogen) atoms. The van der Waals surface area contributed by atoms with E-state index in [1.54, 1.807) is 0 Å². The summed E-state index contributed by atoms with van der Waals surface area (Å²) in [7, 11) is 0. The lowest BCUT2D eigenvalue weighted by Crippen LogP contribution is -2.04. The third kappa shape index (κ3) is 4.36. The van der Waals surface area contributed by atoms with Crippen LogP contribution in [0.4, 0.5) is 0 Å². The van der Waals surface area contributed by atoms with Gasteiger partial charge in [-0.25, -0.2) is 19.2 Å². The third-order valence-corrected chi connectivity index (χ3v) is 3.98. The SMILES string of the molecule is O=C(O)c1cc(Sc2cc(C(=O)O)cc(C(=O)O)c2)cc(C(=O)O)c1. The second kappa shape index (κ2) is 7.05. The van der Waals surface area contributed by atoms with Crippen LogP contribution in [0.3, 0.4) is 0 Å². The average molecular weight is 362 g/mol. The molecule has 4 N–H and O–H groups in total. The number of rotatable bonds is 6. The number of carboxylic acids is 4. The van der Waals surface area contributed by atoms with E-state index >= 15 is 0 Å². The Bertz CT molecular complexity index is 765. The van der Waals surface area contributed by atoms with Crippen LogP contribution in [0.1, 0.15) is 41.4 Å². The van der Waals surface area contributed by atoms with Crippen LogP contribution in [-0.2, 0) is 0 Å². The van der Waals surface area contributed by atoms with Gasteiger partial charge in [0.15, 0.2) is 0 Å². The minimum absolute atomic E-state index is 0.219. The molecular weight excluding hydrogens is 352 g/mol. The van der Waals surface area contributed by atoms with Gasteiger partial charge < -0.3 is 20.4 Å². The fourth-order valence-electron chi connectivity index (χ4n) is 1.95. The molecule has 0 aliphatic heterocycles. The van der Waals surface area contributed by atoms with Crippen LogP contribution in [-0.4, -0.2) is 44.3 Å². The maximum atomic E-state index is 11.1. The molecule has 0 saturated carbocycles. The van der Waals surface area contributed by atoms with Gasteiger partial charge in [0.05, 0.1) is 22.3 Å². The highest BCUT2D eigenvalue weighted by Gasteiger charge is 2.15. The topological polar surface area (TPSA) is 149 Å². The molecule has 2 aromatic carbocycles. The summed E-state index contributed by atoms with van der Waals surface area (Å²) in [5.41, 5.74) is -1.02. The predicted molar refractivity (Wildman–Crippen MR) is 84.8 cm³/mol. The quantitative estimate of drug-likeness (QED) is 0.608. The molecule has 0 radical (unpaired) electrons. The van der Waals surface area contributed by atoms with Gasteiger partial charge in [0.1, 0.15) is 0 Å². The summed E-state index contributed by atoms with van der Waals surface area (Å²) in [5.74, 6) is -5.29. The van der Waals surface area contributed by atoms with Crippen LogP contribution in [0.15, 0.2) is 46.2 Å². The molecule has 0 heterocycles. The number of benzene rings is 2. The van der Waals surface area contributed by atoms with Crippen LogP contribution in [0.25, 0.3) is 0 Å². The van der Waals surface area contributed by atoms with E-state index in [1.165, 1.54) is 24.3 Å². The molecule has 0 aromatic heterocycles. The van der Waals surface area contributed by atoms with E-state index in [0.29, 0.717) is 0 Å². The highest BCUT2D eigenvalue weighted by Crippen LogP contribution is 2.31. The maximum Gasteiger partial charge on any atom is 0.335 e. The van der Waals surface area contributed by atoms with Gasteiger partial charge in [-0.1, -0.05) is 11.8 Å². The van der Waals surface area contributed by atoms with Crippen molar-refractivity contribution in [2.24, 2.45) is 0 Å². The van der Waals surface area contributed by atoms with Crippen LogP contribution >= 0.6 is 11.8 Å². The second-order valence-electron chi connectivity index (χ2n) is 4.81. The van der Waals surface area contributed by atoms with E-state index in [-0.39, 0.29) is 32.0 Å². The van der Waals surface area contributed by atoms with Crippen molar-refractivity contribution in [2.45, 2.75) is 9.79 Å². The van der Waals surface area contributed by atoms with Gasteiger partial charge in [0.2, 0.25) is 0 Å². The van der Waals surface area contributed by atoms with Crippen molar-refractivity contribution >= 4 is 35.6 Å². The van der Waals surface area contributed by atoms with E-state index < -0.39 is 23.9 Å². The summed E-state index contributed by atoms with van der Waals surface area (Å²) in [6.07, 6.45) is 0. The lowest BCUT2D eigenvalue weighted by Gasteiger charge is -2.07. The summed E-state index contributed by atoms with van der Waals surface area (Å²) in [6, 6.07) is 6.84. The van der Waals surface area contributed by atoms with E-state index in [0.717, 1.165) is 23.9 Å². The number of carbonyl (C=O) groups is 4. The molecule has 0 fully saturated rings. The van der Waals surface area contributed by atoms with E-state index in [4.69, 9.17) is 20.4 Å². The standard InChI is InChI=1S/C16H10O8S/c17-13(18)7-1-8(14(19)20)4-11(3-7)25-12-5-9(15(21)22)2-10(6-12)16(23)24/h1-6H,(H,17,18)(H,19,20)(H,21,22)(H,23,24). The number of aromatic carboxylic acids is 4. The smallest absolute Gasteiger partial charge is 0.335 e. The lowest BCUT2D eigenvalue weighted by molar-refractivity contribution is 0.0676. The first-order valence-corrected chi connectivity index (χ1v) is 7.40. The summed E-state index contributed by atoms with van der Waals surface area (Å²) >= 11 is 0.861. The van der Waals surface area contributed by atoms with Gasteiger partial charge in [0, 0.05) is 9.79 Å². The largest absolute Gasteiger partial charge is 0.478 e. The van der Waals surface area contributed by atoms with Gasteiger partial charge in [-0.2, -0.15) is 0 Å². The Balaban J connectivity index is 2.51. The first-order valence-electron chi connectivity index (χ1n) is 6.58. The van der Waals surface area contributed by atoms with Crippen LogP contribution < -0.4 is 0 Å². The Labute approximate surface area is 144 Å². The first-order chi connectivity index (χ1) is 11.7. The van der Waals surface area contributed by atoms with Crippen LogP contribution in [0.2, 0.25) is 0 Å². The maximum absolute atomic E-state index is 11.1. The summed E-state index contributed by atoms with van der Waals surface area (Å²) in [6.45, 7) is 0. The molecule has 0 amide bonds. The number of hydrogen-bond acceptors (Lipinski definition) is 5. The summed E-state index contributed by atoms with van der Waals surface area (Å²) in [4.78, 5) is 44.9. The minimum Gasteiger partial charge on any atom is -0.478 e. The third-order valence-electron chi connectivity index (χ3n) is 3.04. The highest BCUT2D eigenvalue weighted by atomic mass is 32.2. The van der Waals surface area contributed by atoms with Crippen LogP contribution in [0.5, 0.6) is 0 Å². The molecule has 8 nitrogen and oxygen atoms in total. The van der Waals surface area contributed by atoms with Gasteiger partial charge in [0.25, 0.3) is 0 Å². The summed E-state index contributed by atoms with van der Waals surface area (Å²) < 4.78 is 0. The summed E-state index contributed by atoms with van der Waals surface area (Å²) in [5, 5.41) is 36.2. The highest BCUT2D eigenvalue weighted by molar-refractivity contribution is 7.99. The van der Waals surface area contributed by atoms with Crippen molar-refractivity contribution < 1.29 is 39.6 Å². The fourth-order valence-corrected chi connectivity index (χ4v) is 2.96. The van der Waals surface area contributed by atoms with Gasteiger partial charge in [-0.3, -0.25) is 0 Å². The molecule has 2 aromatic rings. The van der Waals surface area contributed by atoms with Gasteiger partial charge >= 0.3 is 23.9 Å². The molecule has 0 atom stereocenters. The van der Waals surface area contributed by atoms with Crippen molar-refractivity contribution in [1.29, 1.82) is 0 Å². The van der Waals surface area contributed by atoms with E-state index in [9.17, 15) is 19.2 Å². The average Bonchev–Trinajstić information content (AvgIpc) is 2.53. The lowest BCUT2D eigenvalue weighted by atomic mass is 10.1. The Kier molecular flexibility index (Phi) is 5.08. The molecule has 0 spiro atoms. The Morgan fingerprint density at radius 3 is 0.960 bits per heavy atom. The molecular formula is C16H10O8S. The van der Waals surface area contributed by atoms with E-state index in [2.05, 4.69) is 0 Å². The monoisotopic (exact) mass is 362 g/mol. The first kappa shape index (κ1) is 18.0. The van der Waals surface area contributed by atoms with Crippen molar-refractivity contribution in [1.82, 2.24) is 0 Å². The number of hydrogen-bond donors (Lipinski definition) is 4. The molecule has 2 rings (SSSR count). The van der Waals surface area contributed by atoms with Crippen molar-refractivity contribution in [2.75, 3.05) is 0 Å². The predicted octanol–water partition coefficient (Wildman–Crippen LogP) is 2.63. The Hall–Kier alpha value is -3.33. The number of carboxylic acid groups (broad SMARTS) is 4. The zero-order valence-electron chi connectivity index (χ0n) is 12.3. The Morgan fingerprint density at radius 1 is 0.520 bits per heavy atom. The van der Waals surface area contributed by atoms with Gasteiger partial charge in [-0.05, 0) is 36.4 Å². The molecule has 0 saturated heterocycles. The van der Waals surface area contributed by atoms with Gasteiger partial charge in [-0.15, -0.1) is 0 Å². The van der Waals surface area contributed by atoms with Crippen molar-refractivity contribution in [3.8, 4) is 0 Å².